The number of rotatable bonds is 7. The lowest BCUT2D eigenvalue weighted by molar-refractivity contribution is 0.119. The molecule has 22 heavy (non-hydrogen) atoms. The van der Waals surface area contributed by atoms with Gasteiger partial charge in [-0.1, -0.05) is 24.3 Å². The lowest BCUT2D eigenvalue weighted by atomic mass is 9.83. The first-order valence-electron chi connectivity index (χ1n) is 7.40. The summed E-state index contributed by atoms with van der Waals surface area (Å²) in [5, 5.41) is 38.4. The smallest absolute Gasteiger partial charge is 0.115 e. The molecular formula is C18H22O4. The molecule has 0 aliphatic carbocycles. The van der Waals surface area contributed by atoms with Gasteiger partial charge in [-0.3, -0.25) is 0 Å². The zero-order valence-electron chi connectivity index (χ0n) is 12.4. The molecular weight excluding hydrogens is 280 g/mol. The molecule has 0 aliphatic heterocycles. The van der Waals surface area contributed by atoms with Crippen LogP contribution in [0.4, 0.5) is 0 Å². The molecule has 0 bridgehead atoms. The number of aliphatic hydroxyl groups is 2. The van der Waals surface area contributed by atoms with Crippen LogP contribution in [0.1, 0.15) is 11.1 Å². The van der Waals surface area contributed by atoms with Crippen LogP contribution in [-0.2, 0) is 12.8 Å². The average molecular weight is 302 g/mol. The Hall–Kier alpha value is -2.04. The van der Waals surface area contributed by atoms with Crippen molar-refractivity contribution < 1.29 is 20.4 Å². The van der Waals surface area contributed by atoms with Crippen LogP contribution in [0.2, 0.25) is 0 Å². The van der Waals surface area contributed by atoms with Gasteiger partial charge in [0, 0.05) is 13.2 Å². The molecule has 4 N–H and O–H groups in total. The number of aliphatic hydroxyl groups excluding tert-OH is 2. The first kappa shape index (κ1) is 16.3. The third kappa shape index (κ3) is 4.48. The van der Waals surface area contributed by atoms with Crippen LogP contribution in [0.15, 0.2) is 48.5 Å². The third-order valence-electron chi connectivity index (χ3n) is 3.95. The van der Waals surface area contributed by atoms with Gasteiger partial charge in [-0.15, -0.1) is 0 Å². The second kappa shape index (κ2) is 7.82. The number of benzene rings is 2. The van der Waals surface area contributed by atoms with Crippen molar-refractivity contribution in [1.29, 1.82) is 0 Å². The van der Waals surface area contributed by atoms with E-state index in [-0.39, 0.29) is 36.5 Å². The lowest BCUT2D eigenvalue weighted by Crippen LogP contribution is -2.26. The molecule has 0 heterocycles. The molecule has 2 aromatic rings. The number of hydrogen-bond acceptors (Lipinski definition) is 4. The minimum Gasteiger partial charge on any atom is -0.508 e. The molecule has 2 atom stereocenters. The van der Waals surface area contributed by atoms with Crippen molar-refractivity contribution >= 4 is 0 Å². The highest BCUT2D eigenvalue weighted by Crippen LogP contribution is 2.24. The Morgan fingerprint density at radius 2 is 1.09 bits per heavy atom. The largest absolute Gasteiger partial charge is 0.508 e. The number of phenolic OH excluding ortho intramolecular Hbond substituents is 2. The van der Waals surface area contributed by atoms with Crippen molar-refractivity contribution in [1.82, 2.24) is 0 Å². The van der Waals surface area contributed by atoms with Crippen molar-refractivity contribution in [2.24, 2.45) is 11.8 Å². The van der Waals surface area contributed by atoms with Crippen LogP contribution in [0, 0.1) is 11.8 Å². The molecule has 2 rings (SSSR count). The molecule has 0 radical (unpaired) electrons. The zero-order valence-corrected chi connectivity index (χ0v) is 12.4. The Morgan fingerprint density at radius 3 is 1.41 bits per heavy atom. The van der Waals surface area contributed by atoms with Gasteiger partial charge in [0.05, 0.1) is 0 Å². The summed E-state index contributed by atoms with van der Waals surface area (Å²) >= 11 is 0. The molecule has 118 valence electrons. The van der Waals surface area contributed by atoms with E-state index in [0.717, 1.165) is 11.1 Å². The summed E-state index contributed by atoms with van der Waals surface area (Å²) in [6, 6.07) is 13.9. The molecule has 0 unspecified atom stereocenters. The van der Waals surface area contributed by atoms with Gasteiger partial charge in [0.1, 0.15) is 11.5 Å². The van der Waals surface area contributed by atoms with Crippen LogP contribution in [0.5, 0.6) is 11.5 Å². The molecule has 0 saturated heterocycles. The van der Waals surface area contributed by atoms with Gasteiger partial charge in [0.15, 0.2) is 0 Å². The van der Waals surface area contributed by atoms with Gasteiger partial charge in [-0.05, 0) is 60.1 Å². The highest BCUT2D eigenvalue weighted by Gasteiger charge is 2.21. The van der Waals surface area contributed by atoms with Gasteiger partial charge in [-0.2, -0.15) is 0 Å². The summed E-state index contributed by atoms with van der Waals surface area (Å²) in [5.41, 5.74) is 1.85. The van der Waals surface area contributed by atoms with Crippen LogP contribution in [-0.4, -0.2) is 33.6 Å². The normalized spacial score (nSPS) is 13.7. The quantitative estimate of drug-likeness (QED) is 0.631. The fourth-order valence-electron chi connectivity index (χ4n) is 2.73. The van der Waals surface area contributed by atoms with Crippen LogP contribution < -0.4 is 0 Å². The lowest BCUT2D eigenvalue weighted by Gasteiger charge is -2.24. The fourth-order valence-corrected chi connectivity index (χ4v) is 2.73. The Bertz CT molecular complexity index is 544. The summed E-state index contributed by atoms with van der Waals surface area (Å²) in [6.45, 7) is -0.0839. The molecule has 0 spiro atoms. The predicted octanol–water partition coefficient (Wildman–Crippen LogP) is 2.10. The van der Waals surface area contributed by atoms with Crippen molar-refractivity contribution in [3.05, 3.63) is 59.7 Å². The van der Waals surface area contributed by atoms with Crippen molar-refractivity contribution in [3.8, 4) is 11.5 Å². The molecule has 0 saturated carbocycles. The molecule has 0 fully saturated rings. The Morgan fingerprint density at radius 1 is 0.682 bits per heavy atom. The highest BCUT2D eigenvalue weighted by molar-refractivity contribution is 5.29. The first-order chi connectivity index (χ1) is 10.6. The minimum atomic E-state index is -0.117. The summed E-state index contributed by atoms with van der Waals surface area (Å²) in [7, 11) is 0. The van der Waals surface area contributed by atoms with Gasteiger partial charge >= 0.3 is 0 Å². The van der Waals surface area contributed by atoms with E-state index < -0.39 is 0 Å². The maximum absolute atomic E-state index is 9.67. The van der Waals surface area contributed by atoms with E-state index in [0.29, 0.717) is 12.8 Å². The van der Waals surface area contributed by atoms with Crippen molar-refractivity contribution in [2.75, 3.05) is 13.2 Å². The van der Waals surface area contributed by atoms with Crippen molar-refractivity contribution in [2.45, 2.75) is 12.8 Å². The number of hydrogen-bond donors (Lipinski definition) is 4. The monoisotopic (exact) mass is 302 g/mol. The molecule has 0 amide bonds. The van der Waals surface area contributed by atoms with E-state index in [1.807, 2.05) is 12.1 Å². The van der Waals surface area contributed by atoms with Crippen molar-refractivity contribution in [3.63, 3.8) is 0 Å². The Labute approximate surface area is 130 Å². The SMILES string of the molecule is OC[C@H](Cc1cccc(O)c1)[C@@H](CO)Cc1cccc(O)c1. The van der Waals surface area contributed by atoms with Gasteiger partial charge in [0.25, 0.3) is 0 Å². The first-order valence-corrected chi connectivity index (χ1v) is 7.40. The third-order valence-corrected chi connectivity index (χ3v) is 3.95. The second-order valence-corrected chi connectivity index (χ2v) is 5.63. The summed E-state index contributed by atoms with van der Waals surface area (Å²) in [4.78, 5) is 0. The molecule has 2 aromatic carbocycles. The Kier molecular flexibility index (Phi) is 5.81. The highest BCUT2D eigenvalue weighted by atomic mass is 16.3. The van der Waals surface area contributed by atoms with Crippen LogP contribution in [0.3, 0.4) is 0 Å². The van der Waals surface area contributed by atoms with E-state index in [2.05, 4.69) is 0 Å². The number of phenols is 2. The molecule has 4 nitrogen and oxygen atoms in total. The maximum atomic E-state index is 9.67. The fraction of sp³-hybridized carbons (Fsp3) is 0.333. The van der Waals surface area contributed by atoms with E-state index in [4.69, 9.17) is 0 Å². The minimum absolute atomic E-state index is 0.0420. The summed E-state index contributed by atoms with van der Waals surface area (Å²) < 4.78 is 0. The maximum Gasteiger partial charge on any atom is 0.115 e. The average Bonchev–Trinajstić information content (AvgIpc) is 2.51. The molecule has 0 aliphatic rings. The van der Waals surface area contributed by atoms with Gasteiger partial charge in [0.2, 0.25) is 0 Å². The summed E-state index contributed by atoms with van der Waals surface area (Å²) in [6.07, 6.45) is 1.16. The summed E-state index contributed by atoms with van der Waals surface area (Å²) in [5.74, 6) is 0.161. The Balaban J connectivity index is 2.09. The van der Waals surface area contributed by atoms with Crippen LogP contribution in [0.25, 0.3) is 0 Å². The van der Waals surface area contributed by atoms with E-state index in [1.54, 1.807) is 36.4 Å². The predicted molar refractivity (Wildman–Crippen MR) is 84.8 cm³/mol. The standard InChI is InChI=1S/C18H22O4/c19-11-15(7-13-3-1-5-17(21)9-13)16(12-20)8-14-4-2-6-18(22)10-14/h1-6,9-10,15-16,19-22H,7-8,11-12H2/t15-,16+. The van der Waals surface area contributed by atoms with E-state index in [9.17, 15) is 20.4 Å². The van der Waals surface area contributed by atoms with Gasteiger partial charge in [-0.25, -0.2) is 0 Å². The number of aromatic hydroxyl groups is 2. The van der Waals surface area contributed by atoms with Crippen LogP contribution >= 0.6 is 0 Å². The molecule has 4 heteroatoms. The zero-order chi connectivity index (χ0) is 15.9. The van der Waals surface area contributed by atoms with E-state index >= 15 is 0 Å². The molecule has 0 aromatic heterocycles. The topological polar surface area (TPSA) is 80.9 Å². The second-order valence-electron chi connectivity index (χ2n) is 5.63. The van der Waals surface area contributed by atoms with Gasteiger partial charge < -0.3 is 20.4 Å². The van der Waals surface area contributed by atoms with E-state index in [1.165, 1.54) is 0 Å².